The highest BCUT2D eigenvalue weighted by molar-refractivity contribution is 5.32. The molecule has 1 aromatic heterocycles. The number of hydrogen-bond donors (Lipinski definition) is 2. The summed E-state index contributed by atoms with van der Waals surface area (Å²) < 4.78 is 7.23. The van der Waals surface area contributed by atoms with Gasteiger partial charge in [0.1, 0.15) is 0 Å². The molecule has 1 aromatic rings. The van der Waals surface area contributed by atoms with Gasteiger partial charge >= 0.3 is 0 Å². The molecular formula is C14H25N3O2. The van der Waals surface area contributed by atoms with Crippen LogP contribution in [0.15, 0.2) is 0 Å². The molecule has 108 valence electrons. The van der Waals surface area contributed by atoms with Crippen LogP contribution in [-0.2, 0) is 20.0 Å². The Morgan fingerprint density at radius 2 is 2.11 bits per heavy atom. The number of rotatable bonds is 6. The third-order valence-electron chi connectivity index (χ3n) is 4.20. The Balaban J connectivity index is 2.14. The van der Waals surface area contributed by atoms with Gasteiger partial charge in [0.2, 0.25) is 5.88 Å². The lowest BCUT2D eigenvalue weighted by atomic mass is 9.98. The summed E-state index contributed by atoms with van der Waals surface area (Å²) in [6.07, 6.45) is 5.37. The zero-order valence-corrected chi connectivity index (χ0v) is 12.2. The van der Waals surface area contributed by atoms with E-state index >= 15 is 0 Å². The molecule has 1 aliphatic carbocycles. The van der Waals surface area contributed by atoms with Crippen LogP contribution in [0, 0.1) is 0 Å². The van der Waals surface area contributed by atoms with Gasteiger partial charge in [-0.1, -0.05) is 19.8 Å². The molecule has 19 heavy (non-hydrogen) atoms. The Hall–Kier alpha value is -1.07. The van der Waals surface area contributed by atoms with E-state index in [0.717, 1.165) is 36.4 Å². The van der Waals surface area contributed by atoms with Crippen LogP contribution < -0.4 is 10.1 Å². The summed E-state index contributed by atoms with van der Waals surface area (Å²) in [4.78, 5) is 0. The quantitative estimate of drug-likeness (QED) is 0.817. The van der Waals surface area contributed by atoms with Crippen LogP contribution in [0.4, 0.5) is 0 Å². The first-order chi connectivity index (χ1) is 9.15. The molecular weight excluding hydrogens is 242 g/mol. The number of methoxy groups -OCH3 is 1. The van der Waals surface area contributed by atoms with Gasteiger partial charge in [0.15, 0.2) is 0 Å². The van der Waals surface area contributed by atoms with Crippen molar-refractivity contribution >= 4 is 0 Å². The highest BCUT2D eigenvalue weighted by atomic mass is 16.5. The molecule has 0 unspecified atom stereocenters. The Kier molecular flexibility index (Phi) is 4.47. The number of aliphatic hydroxyl groups excluding tert-OH is 1. The Bertz CT molecular complexity index is 423. The second-order valence-electron chi connectivity index (χ2n) is 5.41. The van der Waals surface area contributed by atoms with Gasteiger partial charge in [-0.25, -0.2) is 4.68 Å². The molecule has 0 saturated heterocycles. The fourth-order valence-corrected chi connectivity index (χ4v) is 3.04. The van der Waals surface area contributed by atoms with Crippen LogP contribution in [-0.4, -0.2) is 34.1 Å². The van der Waals surface area contributed by atoms with Crippen molar-refractivity contribution in [3.8, 4) is 5.88 Å². The lowest BCUT2D eigenvalue weighted by Gasteiger charge is -2.28. The molecule has 5 nitrogen and oxygen atoms in total. The van der Waals surface area contributed by atoms with Crippen LogP contribution in [0.5, 0.6) is 5.88 Å². The van der Waals surface area contributed by atoms with Crippen molar-refractivity contribution < 1.29 is 9.84 Å². The molecule has 0 aromatic carbocycles. The van der Waals surface area contributed by atoms with E-state index in [0.29, 0.717) is 6.54 Å². The predicted octanol–water partition coefficient (Wildman–Crippen LogP) is 1.39. The normalized spacial score (nSPS) is 17.9. The molecule has 0 radical (unpaired) electrons. The number of ether oxygens (including phenoxy) is 1. The SMILES string of the molecule is CCc1nn(C)c(OC)c1CNC1(CO)CCCC1. The molecule has 1 aliphatic rings. The maximum Gasteiger partial charge on any atom is 0.216 e. The third-order valence-corrected chi connectivity index (χ3v) is 4.20. The molecule has 1 saturated carbocycles. The molecule has 0 bridgehead atoms. The van der Waals surface area contributed by atoms with Crippen molar-refractivity contribution in [2.45, 2.75) is 51.1 Å². The van der Waals surface area contributed by atoms with E-state index in [4.69, 9.17) is 4.74 Å². The standard InChI is InChI=1S/C14H25N3O2/c1-4-12-11(13(19-3)17(2)16-12)9-15-14(10-18)7-5-6-8-14/h15,18H,4-10H2,1-3H3. The van der Waals surface area contributed by atoms with Crippen LogP contribution in [0.25, 0.3) is 0 Å². The first kappa shape index (κ1) is 14.3. The van der Waals surface area contributed by atoms with Crippen molar-refractivity contribution in [1.29, 1.82) is 0 Å². The minimum atomic E-state index is -0.105. The molecule has 1 heterocycles. The Morgan fingerprint density at radius 3 is 2.63 bits per heavy atom. The average molecular weight is 267 g/mol. The van der Waals surface area contributed by atoms with Gasteiger partial charge in [0, 0.05) is 19.1 Å². The van der Waals surface area contributed by atoms with E-state index in [1.807, 2.05) is 7.05 Å². The highest BCUT2D eigenvalue weighted by Crippen LogP contribution is 2.30. The zero-order chi connectivity index (χ0) is 13.9. The first-order valence-corrected chi connectivity index (χ1v) is 7.10. The maximum absolute atomic E-state index is 9.64. The zero-order valence-electron chi connectivity index (χ0n) is 12.2. The van der Waals surface area contributed by atoms with Crippen molar-refractivity contribution in [1.82, 2.24) is 15.1 Å². The number of hydrogen-bond acceptors (Lipinski definition) is 4. The van der Waals surface area contributed by atoms with Crippen LogP contribution in [0.1, 0.15) is 43.9 Å². The molecule has 2 N–H and O–H groups in total. The summed E-state index contributed by atoms with van der Waals surface area (Å²) >= 11 is 0. The van der Waals surface area contributed by atoms with Gasteiger partial charge in [-0.3, -0.25) is 0 Å². The minimum absolute atomic E-state index is 0.105. The highest BCUT2D eigenvalue weighted by Gasteiger charge is 2.33. The fraction of sp³-hybridized carbons (Fsp3) is 0.786. The molecule has 1 fully saturated rings. The number of aryl methyl sites for hydroxylation is 2. The summed E-state index contributed by atoms with van der Waals surface area (Å²) in [6, 6.07) is 0. The van der Waals surface area contributed by atoms with Gasteiger partial charge in [-0.15, -0.1) is 0 Å². The lowest BCUT2D eigenvalue weighted by molar-refractivity contribution is 0.162. The molecule has 0 aliphatic heterocycles. The summed E-state index contributed by atoms with van der Waals surface area (Å²) in [5.74, 6) is 0.815. The average Bonchev–Trinajstić information content (AvgIpc) is 3.01. The van der Waals surface area contributed by atoms with E-state index in [-0.39, 0.29) is 12.1 Å². The van der Waals surface area contributed by atoms with E-state index in [1.165, 1.54) is 12.8 Å². The monoisotopic (exact) mass is 267 g/mol. The van der Waals surface area contributed by atoms with Crippen molar-refractivity contribution in [3.05, 3.63) is 11.3 Å². The molecule has 2 rings (SSSR count). The smallest absolute Gasteiger partial charge is 0.216 e. The van der Waals surface area contributed by atoms with Gasteiger partial charge in [0.05, 0.1) is 25.0 Å². The van der Waals surface area contributed by atoms with Gasteiger partial charge < -0.3 is 15.2 Å². The van der Waals surface area contributed by atoms with E-state index < -0.39 is 0 Å². The number of aliphatic hydroxyl groups is 1. The van der Waals surface area contributed by atoms with Crippen molar-refractivity contribution in [3.63, 3.8) is 0 Å². The number of aromatic nitrogens is 2. The molecule has 0 atom stereocenters. The Morgan fingerprint density at radius 1 is 1.42 bits per heavy atom. The summed E-state index contributed by atoms with van der Waals surface area (Å²) in [5.41, 5.74) is 2.08. The van der Waals surface area contributed by atoms with Crippen molar-refractivity contribution in [2.24, 2.45) is 7.05 Å². The summed E-state index contributed by atoms with van der Waals surface area (Å²) in [6.45, 7) is 3.01. The number of nitrogens with zero attached hydrogens (tertiary/aromatic N) is 2. The maximum atomic E-state index is 9.64. The molecule has 0 spiro atoms. The third kappa shape index (κ3) is 2.77. The van der Waals surface area contributed by atoms with E-state index in [2.05, 4.69) is 17.3 Å². The second-order valence-corrected chi connectivity index (χ2v) is 5.41. The summed E-state index contributed by atoms with van der Waals surface area (Å²) in [5, 5.41) is 17.7. The largest absolute Gasteiger partial charge is 0.481 e. The lowest BCUT2D eigenvalue weighted by Crippen LogP contribution is -2.45. The molecule has 5 heteroatoms. The van der Waals surface area contributed by atoms with Crippen LogP contribution >= 0.6 is 0 Å². The van der Waals surface area contributed by atoms with E-state index in [1.54, 1.807) is 11.8 Å². The second kappa shape index (κ2) is 5.92. The molecule has 0 amide bonds. The topological polar surface area (TPSA) is 59.3 Å². The summed E-state index contributed by atoms with van der Waals surface area (Å²) in [7, 11) is 3.58. The van der Waals surface area contributed by atoms with Gasteiger partial charge in [-0.2, -0.15) is 5.10 Å². The van der Waals surface area contributed by atoms with Gasteiger partial charge in [-0.05, 0) is 19.3 Å². The Labute approximate surface area is 115 Å². The van der Waals surface area contributed by atoms with Crippen LogP contribution in [0.3, 0.4) is 0 Å². The van der Waals surface area contributed by atoms with E-state index in [9.17, 15) is 5.11 Å². The predicted molar refractivity (Wildman–Crippen MR) is 74.3 cm³/mol. The van der Waals surface area contributed by atoms with Gasteiger partial charge in [0.25, 0.3) is 0 Å². The fourth-order valence-electron chi connectivity index (χ4n) is 3.04. The first-order valence-electron chi connectivity index (χ1n) is 7.10. The van der Waals surface area contributed by atoms with Crippen molar-refractivity contribution in [2.75, 3.05) is 13.7 Å². The van der Waals surface area contributed by atoms with Crippen LogP contribution in [0.2, 0.25) is 0 Å². The number of nitrogens with one attached hydrogen (secondary N) is 1. The minimum Gasteiger partial charge on any atom is -0.481 e.